The molecule has 0 aliphatic heterocycles. The highest BCUT2D eigenvalue weighted by Crippen LogP contribution is 2.15. The van der Waals surface area contributed by atoms with Gasteiger partial charge in [0.25, 0.3) is 0 Å². The molecule has 0 heterocycles. The molecule has 0 bridgehead atoms. The van der Waals surface area contributed by atoms with Gasteiger partial charge in [-0.25, -0.2) is 4.79 Å². The van der Waals surface area contributed by atoms with Crippen LogP contribution in [0.3, 0.4) is 0 Å². The molecule has 0 aromatic heterocycles. The smallest absolute Gasteiger partial charge is 0.334 e. The Morgan fingerprint density at radius 1 is 1.56 bits per heavy atom. The van der Waals surface area contributed by atoms with E-state index in [9.17, 15) is 9.59 Å². The van der Waals surface area contributed by atoms with Gasteiger partial charge in [-0.05, 0) is 25.0 Å². The molecule has 0 fully saturated rings. The van der Waals surface area contributed by atoms with Gasteiger partial charge in [0.1, 0.15) is 0 Å². The Morgan fingerprint density at radius 3 is 2.81 bits per heavy atom. The van der Waals surface area contributed by atoms with Crippen molar-refractivity contribution in [2.45, 2.75) is 19.8 Å². The van der Waals surface area contributed by atoms with E-state index in [1.165, 1.54) is 0 Å². The summed E-state index contributed by atoms with van der Waals surface area (Å²) in [4.78, 5) is 22.1. The first-order chi connectivity index (χ1) is 7.63. The summed E-state index contributed by atoms with van der Waals surface area (Å²) in [7, 11) is 0. The zero-order chi connectivity index (χ0) is 12.0. The number of allylic oxidation sites excluding steroid dienone is 5. The molecular weight excluding hydrogens is 208 g/mol. The minimum Gasteiger partial charge on any atom is -0.481 e. The molecule has 0 atom stereocenters. The first-order valence-electron chi connectivity index (χ1n) is 5.09. The Labute approximate surface area is 93.9 Å². The molecule has 1 aliphatic rings. The van der Waals surface area contributed by atoms with Crippen LogP contribution in [-0.2, 0) is 14.3 Å². The molecule has 4 nitrogen and oxygen atoms in total. The van der Waals surface area contributed by atoms with Gasteiger partial charge in [-0.1, -0.05) is 18.2 Å². The van der Waals surface area contributed by atoms with Crippen molar-refractivity contribution < 1.29 is 19.4 Å². The molecule has 1 N–H and O–H groups in total. The van der Waals surface area contributed by atoms with Crippen LogP contribution in [0.1, 0.15) is 19.8 Å². The van der Waals surface area contributed by atoms with E-state index in [0.717, 1.165) is 12.0 Å². The summed E-state index contributed by atoms with van der Waals surface area (Å²) in [6, 6.07) is 0. The van der Waals surface area contributed by atoms with Gasteiger partial charge in [-0.2, -0.15) is 0 Å². The van der Waals surface area contributed by atoms with Crippen molar-refractivity contribution in [3.05, 3.63) is 35.5 Å². The van der Waals surface area contributed by atoms with Crippen LogP contribution in [0, 0.1) is 0 Å². The third kappa shape index (κ3) is 3.73. The zero-order valence-corrected chi connectivity index (χ0v) is 9.10. The fourth-order valence-electron chi connectivity index (χ4n) is 1.35. The van der Waals surface area contributed by atoms with E-state index < -0.39 is 11.9 Å². The van der Waals surface area contributed by atoms with E-state index in [2.05, 4.69) is 0 Å². The fourth-order valence-corrected chi connectivity index (χ4v) is 1.35. The lowest BCUT2D eigenvalue weighted by Crippen LogP contribution is -2.11. The SMILES string of the molecule is CCOC(=O)/C(=C/C1=CCC=C1)CC(=O)O. The van der Waals surface area contributed by atoms with Gasteiger partial charge in [0, 0.05) is 5.57 Å². The second-order valence-electron chi connectivity index (χ2n) is 3.30. The molecule has 0 aromatic rings. The normalized spacial score (nSPS) is 14.8. The van der Waals surface area contributed by atoms with Crippen LogP contribution in [0.2, 0.25) is 0 Å². The maximum absolute atomic E-state index is 11.5. The summed E-state index contributed by atoms with van der Waals surface area (Å²) < 4.78 is 4.79. The third-order valence-electron chi connectivity index (χ3n) is 2.02. The van der Waals surface area contributed by atoms with Crippen LogP contribution >= 0.6 is 0 Å². The maximum atomic E-state index is 11.5. The fraction of sp³-hybridized carbons (Fsp3) is 0.333. The number of esters is 1. The lowest BCUT2D eigenvalue weighted by Gasteiger charge is -2.04. The van der Waals surface area contributed by atoms with E-state index in [-0.39, 0.29) is 18.6 Å². The van der Waals surface area contributed by atoms with E-state index in [1.54, 1.807) is 13.0 Å². The minimum absolute atomic E-state index is 0.173. The zero-order valence-electron chi connectivity index (χ0n) is 9.10. The summed E-state index contributed by atoms with van der Waals surface area (Å²) in [6.45, 7) is 1.93. The molecule has 0 saturated heterocycles. The topological polar surface area (TPSA) is 63.6 Å². The molecule has 0 aromatic carbocycles. The van der Waals surface area contributed by atoms with Crippen molar-refractivity contribution in [3.8, 4) is 0 Å². The standard InChI is InChI=1S/C12H14O4/c1-2-16-12(15)10(8-11(13)14)7-9-5-3-4-6-9/h3,5-7H,2,4,8H2,1H3,(H,13,14)/b10-7+. The van der Waals surface area contributed by atoms with E-state index in [4.69, 9.17) is 9.84 Å². The molecule has 16 heavy (non-hydrogen) atoms. The molecule has 1 aliphatic carbocycles. The summed E-state index contributed by atoms with van der Waals surface area (Å²) in [5, 5.41) is 8.69. The second-order valence-corrected chi connectivity index (χ2v) is 3.30. The summed E-state index contributed by atoms with van der Waals surface area (Å²) in [6.07, 6.45) is 7.77. The van der Waals surface area contributed by atoms with Gasteiger partial charge in [0.2, 0.25) is 0 Å². The Morgan fingerprint density at radius 2 is 2.31 bits per heavy atom. The summed E-state index contributed by atoms with van der Waals surface area (Å²) >= 11 is 0. The average molecular weight is 222 g/mol. The Bertz CT molecular complexity index is 374. The van der Waals surface area contributed by atoms with Crippen molar-refractivity contribution in [1.29, 1.82) is 0 Å². The number of carbonyl (C=O) groups excluding carboxylic acids is 1. The van der Waals surface area contributed by atoms with Crippen molar-refractivity contribution in [2.75, 3.05) is 6.61 Å². The van der Waals surface area contributed by atoms with Gasteiger partial charge in [0.05, 0.1) is 13.0 Å². The van der Waals surface area contributed by atoms with Crippen molar-refractivity contribution in [1.82, 2.24) is 0 Å². The Kier molecular flexibility index (Phi) is 4.51. The molecule has 0 radical (unpaired) electrons. The predicted octanol–water partition coefficient (Wildman–Crippen LogP) is 1.84. The third-order valence-corrected chi connectivity index (χ3v) is 2.02. The molecule has 86 valence electrons. The van der Waals surface area contributed by atoms with Crippen LogP contribution in [0.5, 0.6) is 0 Å². The monoisotopic (exact) mass is 222 g/mol. The Hall–Kier alpha value is -1.84. The molecule has 0 spiro atoms. The van der Waals surface area contributed by atoms with Crippen molar-refractivity contribution >= 4 is 11.9 Å². The van der Waals surface area contributed by atoms with E-state index in [1.807, 2.05) is 18.2 Å². The number of rotatable bonds is 5. The van der Waals surface area contributed by atoms with Gasteiger partial charge in [0.15, 0.2) is 0 Å². The number of hydrogen-bond acceptors (Lipinski definition) is 3. The molecule has 0 saturated carbocycles. The van der Waals surface area contributed by atoms with Crippen LogP contribution in [0.25, 0.3) is 0 Å². The Balaban J connectivity index is 2.81. The summed E-state index contributed by atoms with van der Waals surface area (Å²) in [5.74, 6) is -1.60. The molecule has 0 unspecified atom stereocenters. The highest BCUT2D eigenvalue weighted by atomic mass is 16.5. The highest BCUT2D eigenvalue weighted by molar-refractivity contribution is 5.94. The van der Waals surface area contributed by atoms with Crippen LogP contribution < -0.4 is 0 Å². The predicted molar refractivity (Wildman–Crippen MR) is 58.8 cm³/mol. The average Bonchev–Trinajstić information content (AvgIpc) is 2.69. The lowest BCUT2D eigenvalue weighted by molar-refractivity contribution is -0.142. The van der Waals surface area contributed by atoms with Crippen molar-refractivity contribution in [2.24, 2.45) is 0 Å². The highest BCUT2D eigenvalue weighted by Gasteiger charge is 2.14. The summed E-state index contributed by atoms with van der Waals surface area (Å²) in [5.41, 5.74) is 1.02. The molecule has 1 rings (SSSR count). The minimum atomic E-state index is -1.04. The molecular formula is C12H14O4. The van der Waals surface area contributed by atoms with Gasteiger partial charge in [-0.3, -0.25) is 4.79 Å². The molecule has 0 amide bonds. The number of carboxylic acids is 1. The maximum Gasteiger partial charge on any atom is 0.334 e. The number of aliphatic carboxylic acids is 1. The van der Waals surface area contributed by atoms with Crippen molar-refractivity contribution in [3.63, 3.8) is 0 Å². The van der Waals surface area contributed by atoms with Gasteiger partial charge in [-0.15, -0.1) is 0 Å². The number of carbonyl (C=O) groups is 2. The molecule has 4 heteroatoms. The van der Waals surface area contributed by atoms with Crippen LogP contribution in [0.15, 0.2) is 35.5 Å². The van der Waals surface area contributed by atoms with Gasteiger partial charge >= 0.3 is 11.9 Å². The number of ether oxygens (including phenoxy) is 1. The van der Waals surface area contributed by atoms with E-state index >= 15 is 0 Å². The first kappa shape index (κ1) is 12.2. The quantitative estimate of drug-likeness (QED) is 0.569. The van der Waals surface area contributed by atoms with Crippen LogP contribution in [0.4, 0.5) is 0 Å². The lowest BCUT2D eigenvalue weighted by atomic mass is 10.1. The second kappa shape index (κ2) is 5.90. The van der Waals surface area contributed by atoms with E-state index in [0.29, 0.717) is 0 Å². The van der Waals surface area contributed by atoms with Crippen LogP contribution in [-0.4, -0.2) is 23.7 Å². The number of hydrogen-bond donors (Lipinski definition) is 1. The first-order valence-corrected chi connectivity index (χ1v) is 5.09. The largest absolute Gasteiger partial charge is 0.481 e. The number of carboxylic acid groups (broad SMARTS) is 1. The van der Waals surface area contributed by atoms with Gasteiger partial charge < -0.3 is 9.84 Å².